The zero-order chi connectivity index (χ0) is 18.0. The second-order valence-corrected chi connectivity index (χ2v) is 6.01. The first kappa shape index (κ1) is 17.1. The van der Waals surface area contributed by atoms with Crippen LogP contribution in [0.15, 0.2) is 42.5 Å². The van der Waals surface area contributed by atoms with Gasteiger partial charge in [-0.3, -0.25) is 10.1 Å². The Morgan fingerprint density at radius 2 is 1.80 bits per heavy atom. The van der Waals surface area contributed by atoms with Crippen molar-refractivity contribution in [3.05, 3.63) is 71.2 Å². The minimum Gasteiger partial charge on any atom is -0.390 e. The molecule has 3 aromatic rings. The molecule has 3 rings (SSSR count). The molecule has 4 nitrogen and oxygen atoms in total. The summed E-state index contributed by atoms with van der Waals surface area (Å²) in [4.78, 5) is 16.6. The number of hydrogen-bond donors (Lipinski definition) is 2. The normalized spacial score (nSPS) is 10.7. The summed E-state index contributed by atoms with van der Waals surface area (Å²) in [6.07, 6.45) is 0. The molecule has 1 aromatic heterocycles. The summed E-state index contributed by atoms with van der Waals surface area (Å²) in [5.74, 6) is -3.46. The van der Waals surface area contributed by atoms with E-state index in [1.807, 2.05) is 0 Å². The van der Waals surface area contributed by atoms with Crippen molar-refractivity contribution < 1.29 is 23.1 Å². The van der Waals surface area contributed by atoms with Crippen LogP contribution in [-0.4, -0.2) is 16.0 Å². The number of aliphatic hydroxyl groups excluding tert-OH is 1. The number of halogens is 3. The third-order valence-corrected chi connectivity index (χ3v) is 4.41. The second-order valence-electron chi connectivity index (χ2n) is 5.01. The standard InChI is InChI=1S/C17H11F3N2O2S/c18-10-4-1-3-9(7-10)15-13(8-23)21-17(25-15)22-16(24)14-11(19)5-2-6-12(14)20/h1-7,23H,8H2,(H,21,22,24). The maximum Gasteiger partial charge on any atom is 0.263 e. The third kappa shape index (κ3) is 3.54. The summed E-state index contributed by atoms with van der Waals surface area (Å²) >= 11 is 0.966. The van der Waals surface area contributed by atoms with E-state index < -0.39 is 35.5 Å². The predicted molar refractivity (Wildman–Crippen MR) is 87.7 cm³/mol. The van der Waals surface area contributed by atoms with Crippen LogP contribution in [0.5, 0.6) is 0 Å². The summed E-state index contributed by atoms with van der Waals surface area (Å²) in [6.45, 7) is -0.438. The molecule has 0 spiro atoms. The van der Waals surface area contributed by atoms with Crippen LogP contribution in [0, 0.1) is 17.5 Å². The van der Waals surface area contributed by atoms with E-state index >= 15 is 0 Å². The first-order valence-electron chi connectivity index (χ1n) is 7.11. The molecule has 0 unspecified atom stereocenters. The van der Waals surface area contributed by atoms with E-state index in [9.17, 15) is 23.1 Å². The molecule has 0 aliphatic carbocycles. The summed E-state index contributed by atoms with van der Waals surface area (Å²) in [5.41, 5.74) is -0.0328. The zero-order valence-electron chi connectivity index (χ0n) is 12.6. The van der Waals surface area contributed by atoms with Crippen molar-refractivity contribution in [1.82, 2.24) is 4.98 Å². The number of amides is 1. The van der Waals surface area contributed by atoms with Gasteiger partial charge in [-0.15, -0.1) is 0 Å². The van der Waals surface area contributed by atoms with Gasteiger partial charge in [0.15, 0.2) is 5.13 Å². The van der Waals surface area contributed by atoms with Gasteiger partial charge in [0.25, 0.3) is 5.91 Å². The number of anilines is 1. The average Bonchev–Trinajstić information content (AvgIpc) is 2.97. The molecule has 25 heavy (non-hydrogen) atoms. The summed E-state index contributed by atoms with van der Waals surface area (Å²) in [6, 6.07) is 8.74. The Kier molecular flexibility index (Phi) is 4.82. The number of rotatable bonds is 4. The highest BCUT2D eigenvalue weighted by molar-refractivity contribution is 7.19. The van der Waals surface area contributed by atoms with Crippen molar-refractivity contribution >= 4 is 22.4 Å². The Labute approximate surface area is 144 Å². The van der Waals surface area contributed by atoms with Gasteiger partial charge in [-0.1, -0.05) is 29.5 Å². The quantitative estimate of drug-likeness (QED) is 0.736. The molecule has 8 heteroatoms. The number of nitrogens with zero attached hydrogens (tertiary/aromatic N) is 1. The average molecular weight is 364 g/mol. The zero-order valence-corrected chi connectivity index (χ0v) is 13.4. The lowest BCUT2D eigenvalue weighted by molar-refractivity contribution is 0.101. The molecule has 0 fully saturated rings. The Bertz CT molecular complexity index is 923. The highest BCUT2D eigenvalue weighted by Crippen LogP contribution is 2.33. The molecular weight excluding hydrogens is 353 g/mol. The van der Waals surface area contributed by atoms with Gasteiger partial charge in [-0.05, 0) is 29.8 Å². The minimum atomic E-state index is -1.00. The number of thiazole rings is 1. The topological polar surface area (TPSA) is 62.2 Å². The molecule has 128 valence electrons. The van der Waals surface area contributed by atoms with Crippen molar-refractivity contribution in [1.29, 1.82) is 0 Å². The number of nitrogens with one attached hydrogen (secondary N) is 1. The number of aromatic nitrogens is 1. The summed E-state index contributed by atoms with van der Waals surface area (Å²) in [7, 11) is 0. The van der Waals surface area contributed by atoms with Gasteiger partial charge in [0.2, 0.25) is 0 Å². The van der Waals surface area contributed by atoms with Crippen molar-refractivity contribution in [2.24, 2.45) is 0 Å². The van der Waals surface area contributed by atoms with E-state index in [4.69, 9.17) is 0 Å². The van der Waals surface area contributed by atoms with E-state index in [0.717, 1.165) is 29.5 Å². The fourth-order valence-electron chi connectivity index (χ4n) is 2.24. The molecule has 2 N–H and O–H groups in total. The second kappa shape index (κ2) is 7.04. The van der Waals surface area contributed by atoms with Crippen LogP contribution in [0.25, 0.3) is 10.4 Å². The van der Waals surface area contributed by atoms with E-state index in [2.05, 4.69) is 10.3 Å². The number of carbonyl (C=O) groups excluding carboxylic acids is 1. The lowest BCUT2D eigenvalue weighted by Crippen LogP contribution is -2.15. The Hall–Kier alpha value is -2.71. The van der Waals surface area contributed by atoms with E-state index in [0.29, 0.717) is 10.4 Å². The Morgan fingerprint density at radius 3 is 2.44 bits per heavy atom. The molecule has 2 aromatic carbocycles. The van der Waals surface area contributed by atoms with E-state index in [1.54, 1.807) is 6.07 Å². The van der Waals surface area contributed by atoms with Crippen molar-refractivity contribution in [3.8, 4) is 10.4 Å². The molecule has 1 heterocycles. The highest BCUT2D eigenvalue weighted by atomic mass is 32.1. The minimum absolute atomic E-state index is 0.0379. The van der Waals surface area contributed by atoms with Crippen molar-refractivity contribution in [3.63, 3.8) is 0 Å². The highest BCUT2D eigenvalue weighted by Gasteiger charge is 2.20. The lowest BCUT2D eigenvalue weighted by Gasteiger charge is -2.04. The Balaban J connectivity index is 1.93. The van der Waals surface area contributed by atoms with Gasteiger partial charge in [-0.25, -0.2) is 18.2 Å². The van der Waals surface area contributed by atoms with Gasteiger partial charge in [0.05, 0.1) is 17.2 Å². The fourth-order valence-corrected chi connectivity index (χ4v) is 3.21. The smallest absolute Gasteiger partial charge is 0.263 e. The molecule has 0 saturated carbocycles. The van der Waals surface area contributed by atoms with Gasteiger partial charge < -0.3 is 5.11 Å². The van der Waals surface area contributed by atoms with Crippen molar-refractivity contribution in [2.75, 3.05) is 5.32 Å². The van der Waals surface area contributed by atoms with Crippen molar-refractivity contribution in [2.45, 2.75) is 6.61 Å². The van der Waals surface area contributed by atoms with Crippen LogP contribution in [0.4, 0.5) is 18.3 Å². The number of hydrogen-bond acceptors (Lipinski definition) is 4. The largest absolute Gasteiger partial charge is 0.390 e. The van der Waals surface area contributed by atoms with E-state index in [1.165, 1.54) is 18.2 Å². The number of aliphatic hydroxyl groups is 1. The number of carbonyl (C=O) groups is 1. The molecule has 0 radical (unpaired) electrons. The third-order valence-electron chi connectivity index (χ3n) is 3.34. The first-order valence-corrected chi connectivity index (χ1v) is 7.93. The van der Waals surface area contributed by atoms with Gasteiger partial charge in [-0.2, -0.15) is 0 Å². The van der Waals surface area contributed by atoms with Gasteiger partial charge in [0.1, 0.15) is 23.0 Å². The van der Waals surface area contributed by atoms with Crippen LogP contribution >= 0.6 is 11.3 Å². The maximum absolute atomic E-state index is 13.7. The van der Waals surface area contributed by atoms with Crippen LogP contribution in [-0.2, 0) is 6.61 Å². The van der Waals surface area contributed by atoms with Crippen LogP contribution < -0.4 is 5.32 Å². The fraction of sp³-hybridized carbons (Fsp3) is 0.0588. The molecule has 0 saturated heterocycles. The monoisotopic (exact) mass is 364 g/mol. The van der Waals surface area contributed by atoms with Crippen LogP contribution in [0.2, 0.25) is 0 Å². The maximum atomic E-state index is 13.7. The van der Waals surface area contributed by atoms with Crippen LogP contribution in [0.1, 0.15) is 16.1 Å². The lowest BCUT2D eigenvalue weighted by atomic mass is 10.1. The molecule has 0 aliphatic rings. The molecule has 0 aliphatic heterocycles. The van der Waals surface area contributed by atoms with Gasteiger partial charge in [0, 0.05) is 0 Å². The Morgan fingerprint density at radius 1 is 1.12 bits per heavy atom. The molecule has 0 bridgehead atoms. The molecule has 1 amide bonds. The number of benzene rings is 2. The predicted octanol–water partition coefficient (Wildman–Crippen LogP) is 3.97. The molecule has 0 atom stereocenters. The summed E-state index contributed by atoms with van der Waals surface area (Å²) < 4.78 is 40.7. The molecular formula is C17H11F3N2O2S. The van der Waals surface area contributed by atoms with E-state index in [-0.39, 0.29) is 10.8 Å². The SMILES string of the molecule is O=C(Nc1nc(CO)c(-c2cccc(F)c2)s1)c1c(F)cccc1F. The van der Waals surface area contributed by atoms with Crippen LogP contribution in [0.3, 0.4) is 0 Å². The van der Waals surface area contributed by atoms with Gasteiger partial charge >= 0.3 is 0 Å². The first-order chi connectivity index (χ1) is 12.0. The summed E-state index contributed by atoms with van der Waals surface area (Å²) in [5, 5.41) is 11.8.